The van der Waals surface area contributed by atoms with Crippen molar-refractivity contribution in [2.24, 2.45) is 0 Å². The molecule has 2 aliphatic rings. The second-order valence-corrected chi connectivity index (χ2v) is 7.51. The fourth-order valence-electron chi connectivity index (χ4n) is 3.49. The molecule has 2 heterocycles. The van der Waals surface area contributed by atoms with E-state index < -0.39 is 6.10 Å². The lowest BCUT2D eigenvalue weighted by Gasteiger charge is -2.35. The number of ether oxygens (including phenoxy) is 3. The molecule has 1 unspecified atom stereocenters. The van der Waals surface area contributed by atoms with Crippen LogP contribution in [-0.2, 0) is 0 Å². The Morgan fingerprint density at radius 2 is 1.68 bits per heavy atom. The quantitative estimate of drug-likeness (QED) is 0.765. The summed E-state index contributed by atoms with van der Waals surface area (Å²) in [5.74, 6) is 2.29. The summed E-state index contributed by atoms with van der Waals surface area (Å²) in [5, 5.41) is 11.3. The third kappa shape index (κ3) is 4.89. The van der Waals surface area contributed by atoms with Gasteiger partial charge in [0.2, 0.25) is 6.79 Å². The summed E-state index contributed by atoms with van der Waals surface area (Å²) in [6.45, 7) is 6.22. The van der Waals surface area contributed by atoms with Crippen LogP contribution in [0.3, 0.4) is 0 Å². The maximum atomic E-state index is 10.6. The molecule has 1 N–H and O–H groups in total. The monoisotopic (exact) mass is 404 g/mol. The maximum Gasteiger partial charge on any atom is 0.231 e. The molecule has 4 rings (SSSR count). The largest absolute Gasteiger partial charge is 0.492 e. The first kappa shape index (κ1) is 19.3. The predicted octanol–water partition coefficient (Wildman–Crippen LogP) is 2.80. The van der Waals surface area contributed by atoms with Crippen molar-refractivity contribution in [2.45, 2.75) is 6.10 Å². The number of hydrogen-bond donors (Lipinski definition) is 1. The Morgan fingerprint density at radius 1 is 0.964 bits per heavy atom. The van der Waals surface area contributed by atoms with E-state index in [0.717, 1.165) is 49.8 Å². The topological polar surface area (TPSA) is 54.4 Å². The van der Waals surface area contributed by atoms with Crippen molar-refractivity contribution >= 4 is 11.6 Å². The summed E-state index contributed by atoms with van der Waals surface area (Å²) in [6.07, 6.45) is -0.533. The average Bonchev–Trinajstić information content (AvgIpc) is 3.18. The van der Waals surface area contributed by atoms with Gasteiger partial charge in [0.25, 0.3) is 0 Å². The number of rotatable bonds is 7. The first-order chi connectivity index (χ1) is 13.7. The maximum absolute atomic E-state index is 10.6. The van der Waals surface area contributed by atoms with Gasteiger partial charge in [-0.1, -0.05) is 17.7 Å². The summed E-state index contributed by atoms with van der Waals surface area (Å²) in [4.78, 5) is 4.69. The van der Waals surface area contributed by atoms with Gasteiger partial charge >= 0.3 is 0 Å². The van der Waals surface area contributed by atoms with Gasteiger partial charge in [0.05, 0.1) is 6.10 Å². The van der Waals surface area contributed by atoms with E-state index in [-0.39, 0.29) is 6.79 Å². The van der Waals surface area contributed by atoms with Crippen molar-refractivity contribution in [3.05, 3.63) is 53.1 Å². The number of nitrogens with zero attached hydrogens (tertiary/aromatic N) is 2. The van der Waals surface area contributed by atoms with Crippen molar-refractivity contribution < 1.29 is 19.3 Å². The third-order valence-electron chi connectivity index (χ3n) is 5.17. The number of hydrogen-bond acceptors (Lipinski definition) is 6. The van der Waals surface area contributed by atoms with Crippen molar-refractivity contribution in [3.63, 3.8) is 0 Å². The highest BCUT2D eigenvalue weighted by molar-refractivity contribution is 6.30. The predicted molar refractivity (Wildman–Crippen MR) is 107 cm³/mol. The van der Waals surface area contributed by atoms with Gasteiger partial charge in [0, 0.05) is 44.3 Å². The standard InChI is InChI=1S/C21H25ClN2O4/c22-17-2-4-18(5-3-17)26-12-11-23-7-9-24(10-8-23)14-19(25)16-1-6-20-21(13-16)28-15-27-20/h1-6,13,19,25H,7-12,14-15H2. The van der Waals surface area contributed by atoms with Gasteiger partial charge in [-0.05, 0) is 42.0 Å². The molecule has 150 valence electrons. The van der Waals surface area contributed by atoms with E-state index in [1.54, 1.807) is 0 Å². The van der Waals surface area contributed by atoms with Crippen LogP contribution in [-0.4, -0.2) is 67.6 Å². The van der Waals surface area contributed by atoms with Gasteiger partial charge in [-0.2, -0.15) is 0 Å². The first-order valence-corrected chi connectivity index (χ1v) is 9.96. The van der Waals surface area contributed by atoms with E-state index in [2.05, 4.69) is 9.80 Å². The number of fused-ring (bicyclic) bond motifs is 1. The molecule has 0 saturated carbocycles. The molecule has 0 aliphatic carbocycles. The molecule has 7 heteroatoms. The van der Waals surface area contributed by atoms with Crippen molar-refractivity contribution in [3.8, 4) is 17.2 Å². The molecule has 6 nitrogen and oxygen atoms in total. The Kier molecular flexibility index (Phi) is 6.22. The van der Waals surface area contributed by atoms with Crippen LogP contribution in [0.25, 0.3) is 0 Å². The molecule has 2 aliphatic heterocycles. The minimum atomic E-state index is -0.533. The Morgan fingerprint density at radius 3 is 2.46 bits per heavy atom. The number of halogens is 1. The van der Waals surface area contributed by atoms with E-state index >= 15 is 0 Å². The summed E-state index contributed by atoms with van der Waals surface area (Å²) < 4.78 is 16.5. The zero-order chi connectivity index (χ0) is 19.3. The smallest absolute Gasteiger partial charge is 0.231 e. The Hall–Kier alpha value is -1.99. The van der Waals surface area contributed by atoms with E-state index in [4.69, 9.17) is 25.8 Å². The Labute approximate surface area is 170 Å². The van der Waals surface area contributed by atoms with Crippen LogP contribution in [0.2, 0.25) is 5.02 Å². The number of aliphatic hydroxyl groups is 1. The van der Waals surface area contributed by atoms with Gasteiger partial charge < -0.3 is 19.3 Å². The third-order valence-corrected chi connectivity index (χ3v) is 5.42. The van der Waals surface area contributed by atoms with Gasteiger partial charge in [-0.25, -0.2) is 0 Å². The second kappa shape index (κ2) is 9.01. The van der Waals surface area contributed by atoms with E-state index in [0.29, 0.717) is 23.9 Å². The van der Waals surface area contributed by atoms with Gasteiger partial charge in [-0.3, -0.25) is 9.80 Å². The molecule has 0 amide bonds. The zero-order valence-electron chi connectivity index (χ0n) is 15.7. The SMILES string of the molecule is OC(CN1CCN(CCOc2ccc(Cl)cc2)CC1)c1ccc2c(c1)OCO2. The Bertz CT molecular complexity index is 778. The average molecular weight is 405 g/mol. The molecule has 0 aromatic heterocycles. The molecular formula is C21H25ClN2O4. The molecule has 1 atom stereocenters. The molecular weight excluding hydrogens is 380 g/mol. The molecule has 0 bridgehead atoms. The van der Waals surface area contributed by atoms with Crippen LogP contribution in [0, 0.1) is 0 Å². The lowest BCUT2D eigenvalue weighted by atomic mass is 10.1. The highest BCUT2D eigenvalue weighted by atomic mass is 35.5. The molecule has 2 aromatic rings. The number of β-amino-alcohol motifs (C(OH)–C–C–N with tert-alkyl or cyclic N) is 1. The number of aliphatic hydroxyl groups excluding tert-OH is 1. The van der Waals surface area contributed by atoms with E-state index in [1.165, 1.54) is 0 Å². The lowest BCUT2D eigenvalue weighted by molar-refractivity contribution is 0.0675. The van der Waals surface area contributed by atoms with E-state index in [9.17, 15) is 5.11 Å². The second-order valence-electron chi connectivity index (χ2n) is 7.07. The first-order valence-electron chi connectivity index (χ1n) is 9.58. The molecule has 28 heavy (non-hydrogen) atoms. The van der Waals surface area contributed by atoms with Crippen LogP contribution in [0.15, 0.2) is 42.5 Å². The lowest BCUT2D eigenvalue weighted by Crippen LogP contribution is -2.48. The normalized spacial score (nSPS) is 18.2. The minimum absolute atomic E-state index is 0.249. The van der Waals surface area contributed by atoms with Gasteiger partial charge in [-0.15, -0.1) is 0 Å². The van der Waals surface area contributed by atoms with Crippen LogP contribution in [0.5, 0.6) is 17.2 Å². The van der Waals surface area contributed by atoms with Crippen LogP contribution in [0.1, 0.15) is 11.7 Å². The van der Waals surface area contributed by atoms with Gasteiger partial charge in [0.15, 0.2) is 11.5 Å². The molecule has 0 spiro atoms. The van der Waals surface area contributed by atoms with Gasteiger partial charge in [0.1, 0.15) is 12.4 Å². The molecule has 1 fully saturated rings. The Balaban J connectivity index is 1.18. The summed E-state index contributed by atoms with van der Waals surface area (Å²) in [5.41, 5.74) is 0.864. The minimum Gasteiger partial charge on any atom is -0.492 e. The van der Waals surface area contributed by atoms with Crippen LogP contribution in [0.4, 0.5) is 0 Å². The summed E-state index contributed by atoms with van der Waals surface area (Å²) in [6, 6.07) is 13.1. The van der Waals surface area contributed by atoms with Crippen molar-refractivity contribution in [1.82, 2.24) is 9.80 Å². The summed E-state index contributed by atoms with van der Waals surface area (Å²) >= 11 is 5.88. The molecule has 0 radical (unpaired) electrons. The van der Waals surface area contributed by atoms with E-state index in [1.807, 2.05) is 42.5 Å². The van der Waals surface area contributed by atoms with Crippen molar-refractivity contribution in [1.29, 1.82) is 0 Å². The number of piperazine rings is 1. The molecule has 1 saturated heterocycles. The zero-order valence-corrected chi connectivity index (χ0v) is 16.5. The molecule has 2 aromatic carbocycles. The van der Waals surface area contributed by atoms with Crippen LogP contribution < -0.4 is 14.2 Å². The number of benzene rings is 2. The summed E-state index contributed by atoms with van der Waals surface area (Å²) in [7, 11) is 0. The fourth-order valence-corrected chi connectivity index (χ4v) is 3.62. The highest BCUT2D eigenvalue weighted by Gasteiger charge is 2.21. The van der Waals surface area contributed by atoms with Crippen LogP contribution >= 0.6 is 11.6 Å². The highest BCUT2D eigenvalue weighted by Crippen LogP contribution is 2.34. The van der Waals surface area contributed by atoms with Crippen molar-refractivity contribution in [2.75, 3.05) is 52.7 Å². The fraction of sp³-hybridized carbons (Fsp3) is 0.429.